The monoisotopic (exact) mass is 506 g/mol. The third-order valence-corrected chi connectivity index (χ3v) is 7.15. The van der Waals surface area contributed by atoms with Crippen LogP contribution in [0, 0.1) is 17.8 Å². The number of benzene rings is 2. The topological polar surface area (TPSA) is 74.8 Å². The van der Waals surface area contributed by atoms with Gasteiger partial charge in [0.2, 0.25) is 0 Å². The van der Waals surface area contributed by atoms with Crippen molar-refractivity contribution in [3.63, 3.8) is 0 Å². The second-order valence-electron chi connectivity index (χ2n) is 8.51. The molecule has 2 aromatic carbocycles. The number of imide groups is 1. The molecule has 0 radical (unpaired) electrons. The molecule has 172 valence electrons. The molecule has 9 heteroatoms. The predicted molar refractivity (Wildman–Crippen MR) is 125 cm³/mol. The molecule has 0 bridgehead atoms. The molecule has 1 saturated carbocycles. The van der Waals surface area contributed by atoms with Gasteiger partial charge in [-0.2, -0.15) is 5.01 Å². The van der Waals surface area contributed by atoms with Crippen LogP contribution in [0.1, 0.15) is 46.9 Å². The average Bonchev–Trinajstić information content (AvgIpc) is 3.01. The van der Waals surface area contributed by atoms with Crippen molar-refractivity contribution in [2.75, 3.05) is 6.54 Å². The molecule has 1 heterocycles. The first-order valence-electron chi connectivity index (χ1n) is 10.6. The number of fused-ring (bicyclic) bond motifs is 1. The Morgan fingerprint density at radius 2 is 1.64 bits per heavy atom. The Morgan fingerprint density at radius 1 is 0.939 bits per heavy atom. The predicted octanol–water partition coefficient (Wildman–Crippen LogP) is 5.31. The van der Waals surface area contributed by atoms with E-state index in [1.54, 1.807) is 12.1 Å². The lowest BCUT2D eigenvalue weighted by Gasteiger charge is -2.30. The summed E-state index contributed by atoms with van der Waals surface area (Å²) < 4.78 is 0. The van der Waals surface area contributed by atoms with Crippen LogP contribution in [-0.4, -0.2) is 40.1 Å². The Kier molecular flexibility index (Phi) is 6.80. The number of ketones is 1. The minimum absolute atomic E-state index is 0.0815. The van der Waals surface area contributed by atoms with Gasteiger partial charge in [-0.25, -0.2) is 5.01 Å². The molecule has 1 aliphatic heterocycles. The van der Waals surface area contributed by atoms with E-state index < -0.39 is 41.9 Å². The number of nitrogens with zero attached hydrogens (tertiary/aromatic N) is 2. The standard InChI is InChI=1S/C24H21Cl3N2O4/c1-13-6-8-15-18(10-13)24(33)29(23(15)32)28(22(31)17-4-2-3-5-19(17)26)12-21(30)16-9-7-14(25)11-20(16)27/h2-5,7,9,11,13,15,18H,6,8,10,12H2,1H3/t13-,15-,18-/m1/s1. The Labute approximate surface area is 206 Å². The highest BCUT2D eigenvalue weighted by Crippen LogP contribution is 2.41. The van der Waals surface area contributed by atoms with Crippen molar-refractivity contribution in [2.45, 2.75) is 26.2 Å². The number of hydrogen-bond donors (Lipinski definition) is 0. The Hall–Kier alpha value is -2.41. The number of hydrazine groups is 1. The smallest absolute Gasteiger partial charge is 0.274 e. The van der Waals surface area contributed by atoms with Crippen LogP contribution < -0.4 is 0 Å². The molecule has 3 atom stereocenters. The van der Waals surface area contributed by atoms with Crippen molar-refractivity contribution in [1.29, 1.82) is 0 Å². The van der Waals surface area contributed by atoms with E-state index in [1.807, 2.05) is 6.92 Å². The van der Waals surface area contributed by atoms with E-state index in [9.17, 15) is 19.2 Å². The normalized spacial score (nSPS) is 22.3. The SMILES string of the molecule is C[C@@H]1CC[C@H]2C(=O)N(N(CC(=O)c3ccc(Cl)cc3Cl)C(=O)c3ccccc3Cl)C(=O)[C@@H]2C1. The summed E-state index contributed by atoms with van der Waals surface area (Å²) >= 11 is 18.3. The van der Waals surface area contributed by atoms with E-state index >= 15 is 0 Å². The van der Waals surface area contributed by atoms with Crippen LogP contribution in [0.25, 0.3) is 0 Å². The summed E-state index contributed by atoms with van der Waals surface area (Å²) in [6.45, 7) is 1.48. The second kappa shape index (κ2) is 9.45. The fourth-order valence-electron chi connectivity index (χ4n) is 4.55. The number of carbonyl (C=O) groups is 4. The van der Waals surface area contributed by atoms with E-state index in [-0.39, 0.29) is 21.2 Å². The summed E-state index contributed by atoms with van der Waals surface area (Å²) in [5.41, 5.74) is 0.209. The van der Waals surface area contributed by atoms with Gasteiger partial charge in [0.15, 0.2) is 5.78 Å². The van der Waals surface area contributed by atoms with Gasteiger partial charge in [0.05, 0.1) is 27.4 Å². The summed E-state index contributed by atoms with van der Waals surface area (Å²) in [5.74, 6) is -2.89. The minimum Gasteiger partial charge on any atom is -0.292 e. The summed E-state index contributed by atoms with van der Waals surface area (Å²) in [6.07, 6.45) is 1.96. The van der Waals surface area contributed by atoms with Crippen LogP contribution in [0.15, 0.2) is 42.5 Å². The lowest BCUT2D eigenvalue weighted by Crippen LogP contribution is -2.52. The molecule has 2 fully saturated rings. The van der Waals surface area contributed by atoms with Gasteiger partial charge >= 0.3 is 0 Å². The van der Waals surface area contributed by atoms with Crippen molar-refractivity contribution in [1.82, 2.24) is 10.0 Å². The average molecular weight is 508 g/mol. The zero-order valence-electron chi connectivity index (χ0n) is 17.8. The van der Waals surface area contributed by atoms with E-state index in [0.717, 1.165) is 16.4 Å². The Bertz CT molecular complexity index is 1150. The number of Topliss-reactive ketones (excluding diaryl/α,β-unsaturated/α-hetero) is 1. The number of rotatable bonds is 5. The van der Waals surface area contributed by atoms with Gasteiger partial charge in [0.1, 0.15) is 6.54 Å². The molecular weight excluding hydrogens is 487 g/mol. The molecule has 1 aliphatic carbocycles. The van der Waals surface area contributed by atoms with Crippen LogP contribution in [-0.2, 0) is 9.59 Å². The van der Waals surface area contributed by atoms with Crippen molar-refractivity contribution >= 4 is 58.3 Å². The molecule has 3 amide bonds. The molecule has 6 nitrogen and oxygen atoms in total. The second-order valence-corrected chi connectivity index (χ2v) is 9.76. The van der Waals surface area contributed by atoms with Gasteiger partial charge in [-0.15, -0.1) is 0 Å². The maximum atomic E-state index is 13.5. The van der Waals surface area contributed by atoms with Crippen LogP contribution in [0.3, 0.4) is 0 Å². The molecule has 4 rings (SSSR count). The van der Waals surface area contributed by atoms with Gasteiger partial charge in [-0.1, -0.05) is 53.9 Å². The Morgan fingerprint density at radius 3 is 2.33 bits per heavy atom. The molecule has 0 N–H and O–H groups in total. The molecule has 0 spiro atoms. The molecule has 2 aliphatic rings. The van der Waals surface area contributed by atoms with Gasteiger partial charge in [-0.3, -0.25) is 19.2 Å². The molecule has 0 unspecified atom stereocenters. The molecular formula is C24H21Cl3N2O4. The quantitative estimate of drug-likeness (QED) is 0.406. The lowest BCUT2D eigenvalue weighted by molar-refractivity contribution is -0.154. The van der Waals surface area contributed by atoms with Crippen LogP contribution in [0.4, 0.5) is 0 Å². The molecule has 33 heavy (non-hydrogen) atoms. The molecule has 2 aromatic rings. The fourth-order valence-corrected chi connectivity index (χ4v) is 5.28. The lowest BCUT2D eigenvalue weighted by atomic mass is 9.76. The third-order valence-electron chi connectivity index (χ3n) is 6.27. The first-order chi connectivity index (χ1) is 15.7. The van der Waals surface area contributed by atoms with Gasteiger partial charge < -0.3 is 0 Å². The number of halogens is 3. The summed E-state index contributed by atoms with van der Waals surface area (Å²) in [6, 6.07) is 10.6. The van der Waals surface area contributed by atoms with Gasteiger partial charge in [-0.05, 0) is 55.5 Å². The Balaban J connectivity index is 1.72. The van der Waals surface area contributed by atoms with Crippen molar-refractivity contribution < 1.29 is 19.2 Å². The van der Waals surface area contributed by atoms with Gasteiger partial charge in [0.25, 0.3) is 17.7 Å². The summed E-state index contributed by atoms with van der Waals surface area (Å²) in [4.78, 5) is 53.2. The van der Waals surface area contributed by atoms with Crippen molar-refractivity contribution in [2.24, 2.45) is 17.8 Å². The number of hydrogen-bond acceptors (Lipinski definition) is 4. The zero-order chi connectivity index (χ0) is 23.9. The fraction of sp³-hybridized carbons (Fsp3) is 0.333. The highest BCUT2D eigenvalue weighted by atomic mass is 35.5. The van der Waals surface area contributed by atoms with Crippen LogP contribution >= 0.6 is 34.8 Å². The van der Waals surface area contributed by atoms with Gasteiger partial charge in [0, 0.05) is 10.6 Å². The number of carbonyl (C=O) groups excluding carboxylic acids is 4. The summed E-state index contributed by atoms with van der Waals surface area (Å²) in [7, 11) is 0. The summed E-state index contributed by atoms with van der Waals surface area (Å²) in [5, 5.41) is 2.36. The highest BCUT2D eigenvalue weighted by molar-refractivity contribution is 6.37. The number of amides is 3. The largest absolute Gasteiger partial charge is 0.292 e. The molecule has 0 aromatic heterocycles. The first-order valence-corrected chi connectivity index (χ1v) is 11.7. The highest BCUT2D eigenvalue weighted by Gasteiger charge is 2.53. The van der Waals surface area contributed by atoms with E-state index in [2.05, 4.69) is 0 Å². The van der Waals surface area contributed by atoms with Crippen LogP contribution in [0.5, 0.6) is 0 Å². The van der Waals surface area contributed by atoms with E-state index in [4.69, 9.17) is 34.8 Å². The van der Waals surface area contributed by atoms with E-state index in [0.29, 0.717) is 23.8 Å². The van der Waals surface area contributed by atoms with Crippen LogP contribution in [0.2, 0.25) is 15.1 Å². The third kappa shape index (κ3) is 4.52. The van der Waals surface area contributed by atoms with E-state index in [1.165, 1.54) is 30.3 Å². The van der Waals surface area contributed by atoms with Crippen molar-refractivity contribution in [3.05, 3.63) is 68.7 Å². The maximum absolute atomic E-state index is 13.5. The zero-order valence-corrected chi connectivity index (χ0v) is 20.0. The van der Waals surface area contributed by atoms with Crippen molar-refractivity contribution in [3.8, 4) is 0 Å². The molecule has 1 saturated heterocycles. The minimum atomic E-state index is -0.715. The maximum Gasteiger partial charge on any atom is 0.274 e. The first kappa shape index (κ1) is 23.7.